The van der Waals surface area contributed by atoms with Crippen LogP contribution in [0.25, 0.3) is 11.6 Å². The monoisotopic (exact) mass is 269 g/mol. The van der Waals surface area contributed by atoms with Crippen molar-refractivity contribution < 1.29 is 0 Å². The molecule has 0 aliphatic heterocycles. The molecule has 0 aromatic heterocycles. The summed E-state index contributed by atoms with van der Waals surface area (Å²) in [5, 5.41) is 0. The molecule has 1 radical (unpaired) electrons. The fourth-order valence-corrected chi connectivity index (χ4v) is 2.30. The van der Waals surface area contributed by atoms with Crippen molar-refractivity contribution in [3.8, 4) is 0 Å². The molecule has 0 aliphatic carbocycles. The first kappa shape index (κ1) is 13.4. The summed E-state index contributed by atoms with van der Waals surface area (Å²) in [6.07, 6.45) is 4.45. The highest BCUT2D eigenvalue weighted by Gasteiger charge is 2.03. The van der Waals surface area contributed by atoms with E-state index in [2.05, 4.69) is 85.3 Å². The average Bonchev–Trinajstić information content (AvgIpc) is 2.57. The predicted octanol–water partition coefficient (Wildman–Crippen LogP) is 5.48. The molecular weight excluding hydrogens is 252 g/mol. The Balaban J connectivity index is 1.97. The molecule has 0 bridgehead atoms. The quantitative estimate of drug-likeness (QED) is 0.550. The van der Waals surface area contributed by atoms with E-state index in [4.69, 9.17) is 0 Å². The minimum absolute atomic E-state index is 1.21. The Hall–Kier alpha value is -2.60. The van der Waals surface area contributed by atoms with Gasteiger partial charge in [-0.15, -0.1) is 0 Å². The third kappa shape index (κ3) is 3.70. The van der Waals surface area contributed by atoms with Crippen molar-refractivity contribution in [2.45, 2.75) is 0 Å². The topological polar surface area (TPSA) is 0 Å². The molecule has 0 N–H and O–H groups in total. The van der Waals surface area contributed by atoms with E-state index in [0.29, 0.717) is 0 Å². The number of hydrogen-bond donors (Lipinski definition) is 0. The van der Waals surface area contributed by atoms with Crippen LogP contribution in [0.2, 0.25) is 0 Å². The van der Waals surface area contributed by atoms with Crippen LogP contribution in [0.1, 0.15) is 16.7 Å². The first-order valence-corrected chi connectivity index (χ1v) is 7.14. The van der Waals surface area contributed by atoms with E-state index >= 15 is 0 Å². The summed E-state index contributed by atoms with van der Waals surface area (Å²) in [4.78, 5) is 0. The second-order valence-electron chi connectivity index (χ2n) is 4.93. The van der Waals surface area contributed by atoms with Gasteiger partial charge < -0.3 is 0 Å². The summed E-state index contributed by atoms with van der Waals surface area (Å²) in [7, 11) is 0. The SMILES string of the molecule is [CH](C(=Cc1ccccc1)c1ccccc1)c1ccccc1. The van der Waals surface area contributed by atoms with Crippen LogP contribution in [0.5, 0.6) is 0 Å². The summed E-state index contributed by atoms with van der Waals surface area (Å²) >= 11 is 0. The van der Waals surface area contributed by atoms with Crippen molar-refractivity contribution >= 4 is 11.6 Å². The van der Waals surface area contributed by atoms with Gasteiger partial charge in [-0.05, 0) is 22.3 Å². The van der Waals surface area contributed by atoms with Gasteiger partial charge in [-0.3, -0.25) is 0 Å². The Labute approximate surface area is 126 Å². The lowest BCUT2D eigenvalue weighted by Crippen LogP contribution is -1.88. The Bertz CT molecular complexity index is 695. The van der Waals surface area contributed by atoms with Gasteiger partial charge in [0.2, 0.25) is 0 Å². The number of hydrogen-bond acceptors (Lipinski definition) is 0. The maximum atomic E-state index is 2.22. The van der Waals surface area contributed by atoms with Gasteiger partial charge in [0.15, 0.2) is 0 Å². The fraction of sp³-hybridized carbons (Fsp3) is 0. The first-order valence-electron chi connectivity index (χ1n) is 7.14. The summed E-state index contributed by atoms with van der Waals surface area (Å²) in [5.74, 6) is 0. The van der Waals surface area contributed by atoms with Gasteiger partial charge in [0, 0.05) is 6.42 Å². The number of rotatable bonds is 4. The Morgan fingerprint density at radius 3 is 1.57 bits per heavy atom. The van der Waals surface area contributed by atoms with Gasteiger partial charge in [0.25, 0.3) is 0 Å². The molecule has 0 saturated heterocycles. The van der Waals surface area contributed by atoms with Crippen molar-refractivity contribution in [1.29, 1.82) is 0 Å². The molecule has 0 heterocycles. The molecule has 0 aliphatic rings. The second kappa shape index (κ2) is 6.71. The molecular formula is C21H17. The normalized spacial score (nSPS) is 11.3. The zero-order valence-electron chi connectivity index (χ0n) is 11.8. The molecule has 3 aromatic rings. The molecule has 0 saturated carbocycles. The van der Waals surface area contributed by atoms with Crippen LogP contribution < -0.4 is 0 Å². The second-order valence-corrected chi connectivity index (χ2v) is 4.93. The van der Waals surface area contributed by atoms with Crippen LogP contribution in [-0.4, -0.2) is 0 Å². The first-order chi connectivity index (χ1) is 10.4. The molecule has 0 nitrogen and oxygen atoms in total. The maximum absolute atomic E-state index is 2.22. The largest absolute Gasteiger partial charge is 0.0622 e. The lowest BCUT2D eigenvalue weighted by Gasteiger charge is -2.08. The maximum Gasteiger partial charge on any atom is 0.0205 e. The van der Waals surface area contributed by atoms with Crippen LogP contribution in [0, 0.1) is 6.42 Å². The Morgan fingerprint density at radius 2 is 1.00 bits per heavy atom. The van der Waals surface area contributed by atoms with Crippen molar-refractivity contribution in [3.05, 3.63) is 114 Å². The molecule has 0 heteroatoms. The highest BCUT2D eigenvalue weighted by Crippen LogP contribution is 2.24. The molecule has 3 rings (SSSR count). The molecule has 0 amide bonds. The summed E-state index contributed by atoms with van der Waals surface area (Å²) in [5.41, 5.74) is 4.87. The smallest absolute Gasteiger partial charge is 0.0205 e. The third-order valence-electron chi connectivity index (χ3n) is 3.35. The highest BCUT2D eigenvalue weighted by molar-refractivity contribution is 5.87. The third-order valence-corrected chi connectivity index (χ3v) is 3.35. The lowest BCUT2D eigenvalue weighted by molar-refractivity contribution is 1.50. The molecule has 0 spiro atoms. The predicted molar refractivity (Wildman–Crippen MR) is 90.6 cm³/mol. The van der Waals surface area contributed by atoms with E-state index < -0.39 is 0 Å². The van der Waals surface area contributed by atoms with Crippen LogP contribution in [-0.2, 0) is 0 Å². The van der Waals surface area contributed by atoms with E-state index in [1.54, 1.807) is 0 Å². The zero-order valence-corrected chi connectivity index (χ0v) is 11.8. The van der Waals surface area contributed by atoms with Crippen LogP contribution >= 0.6 is 0 Å². The lowest BCUT2D eigenvalue weighted by atomic mass is 9.96. The van der Waals surface area contributed by atoms with Gasteiger partial charge in [-0.2, -0.15) is 0 Å². The van der Waals surface area contributed by atoms with Crippen LogP contribution in [0.3, 0.4) is 0 Å². The fourth-order valence-electron chi connectivity index (χ4n) is 2.30. The van der Waals surface area contributed by atoms with E-state index in [1.165, 1.54) is 22.3 Å². The number of allylic oxidation sites excluding steroid dienone is 1. The van der Waals surface area contributed by atoms with Crippen molar-refractivity contribution in [2.75, 3.05) is 0 Å². The van der Waals surface area contributed by atoms with E-state index in [9.17, 15) is 0 Å². The summed E-state index contributed by atoms with van der Waals surface area (Å²) in [6, 6.07) is 31.4. The molecule has 21 heavy (non-hydrogen) atoms. The van der Waals surface area contributed by atoms with Gasteiger partial charge in [0.1, 0.15) is 0 Å². The Morgan fingerprint density at radius 1 is 0.524 bits per heavy atom. The van der Waals surface area contributed by atoms with Gasteiger partial charge >= 0.3 is 0 Å². The molecule has 0 unspecified atom stereocenters. The van der Waals surface area contributed by atoms with E-state index in [1.807, 2.05) is 18.2 Å². The summed E-state index contributed by atoms with van der Waals surface area (Å²) < 4.78 is 0. The molecule has 0 fully saturated rings. The van der Waals surface area contributed by atoms with Crippen LogP contribution in [0.4, 0.5) is 0 Å². The summed E-state index contributed by atoms with van der Waals surface area (Å²) in [6.45, 7) is 0. The van der Waals surface area contributed by atoms with Crippen molar-refractivity contribution in [1.82, 2.24) is 0 Å². The minimum atomic E-state index is 1.21. The zero-order chi connectivity index (χ0) is 14.3. The molecule has 3 aromatic carbocycles. The standard InChI is InChI=1S/C21H17/c1-4-10-18(11-5-1)16-21(20-14-8-3-9-15-20)17-19-12-6-2-7-13-19/h1-17H. The van der Waals surface area contributed by atoms with Crippen LogP contribution in [0.15, 0.2) is 91.0 Å². The van der Waals surface area contributed by atoms with E-state index in [0.717, 1.165) is 0 Å². The van der Waals surface area contributed by atoms with Gasteiger partial charge in [0.05, 0.1) is 0 Å². The van der Waals surface area contributed by atoms with Gasteiger partial charge in [-0.1, -0.05) is 97.1 Å². The van der Waals surface area contributed by atoms with E-state index in [-0.39, 0.29) is 0 Å². The molecule has 101 valence electrons. The minimum Gasteiger partial charge on any atom is -0.0622 e. The number of benzene rings is 3. The van der Waals surface area contributed by atoms with Crippen molar-refractivity contribution in [2.24, 2.45) is 0 Å². The highest BCUT2D eigenvalue weighted by atomic mass is 14.1. The van der Waals surface area contributed by atoms with Crippen molar-refractivity contribution in [3.63, 3.8) is 0 Å². The van der Waals surface area contributed by atoms with Gasteiger partial charge in [-0.25, -0.2) is 0 Å². The molecule has 0 atom stereocenters. The Kier molecular flexibility index (Phi) is 4.28. The average molecular weight is 269 g/mol.